The van der Waals surface area contributed by atoms with E-state index in [2.05, 4.69) is 4.98 Å². The highest BCUT2D eigenvalue weighted by Gasteiger charge is 2.43. The van der Waals surface area contributed by atoms with Gasteiger partial charge in [-0.25, -0.2) is 14.6 Å². The minimum Gasteiger partial charge on any atom is -0.472 e. The Bertz CT molecular complexity index is 594. The lowest BCUT2D eigenvalue weighted by molar-refractivity contribution is -0.145. The Morgan fingerprint density at radius 3 is 2.54 bits per heavy atom. The summed E-state index contributed by atoms with van der Waals surface area (Å²) < 4.78 is 16.0. The zero-order valence-electron chi connectivity index (χ0n) is 14.7. The van der Waals surface area contributed by atoms with Crippen molar-refractivity contribution < 1.29 is 23.8 Å². The third-order valence-corrected chi connectivity index (χ3v) is 3.54. The van der Waals surface area contributed by atoms with Crippen molar-refractivity contribution in [3.63, 3.8) is 0 Å². The van der Waals surface area contributed by atoms with Crippen LogP contribution in [-0.2, 0) is 14.3 Å². The van der Waals surface area contributed by atoms with Crippen molar-refractivity contribution in [1.29, 1.82) is 0 Å². The van der Waals surface area contributed by atoms with Crippen molar-refractivity contribution >= 4 is 12.1 Å². The molecule has 0 aromatic carbocycles. The van der Waals surface area contributed by atoms with Crippen LogP contribution in [0.15, 0.2) is 18.3 Å². The second-order valence-corrected chi connectivity index (χ2v) is 6.82. The van der Waals surface area contributed by atoms with E-state index in [9.17, 15) is 9.59 Å². The van der Waals surface area contributed by atoms with E-state index >= 15 is 0 Å². The van der Waals surface area contributed by atoms with Crippen LogP contribution >= 0.6 is 0 Å². The lowest BCUT2D eigenvalue weighted by Gasteiger charge is -2.27. The van der Waals surface area contributed by atoms with Crippen molar-refractivity contribution in [1.82, 2.24) is 9.88 Å². The minimum absolute atomic E-state index is 0.240. The molecule has 1 aliphatic rings. The number of amides is 1. The SMILES string of the molecule is COC(=O)C1CC(Oc2ccc(C)cn2)CN1C(=O)OC(C)(C)C. The van der Waals surface area contributed by atoms with E-state index in [-0.39, 0.29) is 12.6 Å². The number of nitrogens with zero attached hydrogens (tertiary/aromatic N) is 2. The number of esters is 1. The van der Waals surface area contributed by atoms with E-state index in [0.29, 0.717) is 12.3 Å². The Balaban J connectivity index is 2.09. The zero-order chi connectivity index (χ0) is 17.9. The number of aromatic nitrogens is 1. The smallest absolute Gasteiger partial charge is 0.411 e. The molecular weight excluding hydrogens is 312 g/mol. The van der Waals surface area contributed by atoms with Crippen LogP contribution in [0.3, 0.4) is 0 Å². The summed E-state index contributed by atoms with van der Waals surface area (Å²) in [7, 11) is 1.30. The molecule has 0 aliphatic carbocycles. The predicted molar refractivity (Wildman–Crippen MR) is 86.8 cm³/mol. The van der Waals surface area contributed by atoms with Gasteiger partial charge >= 0.3 is 12.1 Å². The van der Waals surface area contributed by atoms with Crippen molar-refractivity contribution in [3.8, 4) is 5.88 Å². The lowest BCUT2D eigenvalue weighted by atomic mass is 10.2. The first-order valence-electron chi connectivity index (χ1n) is 7.86. The van der Waals surface area contributed by atoms with Gasteiger partial charge in [-0.2, -0.15) is 0 Å². The number of hydrogen-bond donors (Lipinski definition) is 0. The molecule has 2 rings (SSSR count). The van der Waals surface area contributed by atoms with Crippen LogP contribution in [0.2, 0.25) is 0 Å². The number of hydrogen-bond acceptors (Lipinski definition) is 6. The molecule has 0 N–H and O–H groups in total. The van der Waals surface area contributed by atoms with Crippen LogP contribution in [-0.4, -0.2) is 53.3 Å². The Kier molecular flexibility index (Phi) is 5.31. The molecule has 2 atom stereocenters. The van der Waals surface area contributed by atoms with Gasteiger partial charge in [0.2, 0.25) is 5.88 Å². The number of carbonyl (C=O) groups excluding carboxylic acids is 2. The normalized spacial score (nSPS) is 20.6. The first kappa shape index (κ1) is 18.0. The molecule has 1 aliphatic heterocycles. The summed E-state index contributed by atoms with van der Waals surface area (Å²) in [5.41, 5.74) is 0.381. The highest BCUT2D eigenvalue weighted by atomic mass is 16.6. The fourth-order valence-electron chi connectivity index (χ4n) is 2.46. The summed E-state index contributed by atoms with van der Waals surface area (Å²) in [6, 6.07) is 2.93. The van der Waals surface area contributed by atoms with Gasteiger partial charge in [-0.05, 0) is 33.3 Å². The molecule has 1 aromatic heterocycles. The zero-order valence-corrected chi connectivity index (χ0v) is 14.7. The molecule has 0 radical (unpaired) electrons. The molecule has 2 heterocycles. The molecule has 7 heteroatoms. The van der Waals surface area contributed by atoms with Crippen LogP contribution < -0.4 is 4.74 Å². The van der Waals surface area contributed by atoms with E-state index in [0.717, 1.165) is 5.56 Å². The van der Waals surface area contributed by atoms with Gasteiger partial charge in [0.05, 0.1) is 13.7 Å². The van der Waals surface area contributed by atoms with E-state index in [1.807, 2.05) is 13.0 Å². The molecule has 1 fully saturated rings. The topological polar surface area (TPSA) is 78.0 Å². The van der Waals surface area contributed by atoms with Crippen molar-refractivity contribution in [2.45, 2.75) is 51.9 Å². The quantitative estimate of drug-likeness (QED) is 0.788. The van der Waals surface area contributed by atoms with Gasteiger partial charge in [0, 0.05) is 18.7 Å². The average molecular weight is 336 g/mol. The lowest BCUT2D eigenvalue weighted by Crippen LogP contribution is -2.44. The molecule has 24 heavy (non-hydrogen) atoms. The Hall–Kier alpha value is -2.31. The Labute approximate surface area is 141 Å². The summed E-state index contributed by atoms with van der Waals surface area (Å²) in [6.45, 7) is 7.50. The number of likely N-dealkylation sites (tertiary alicyclic amines) is 1. The summed E-state index contributed by atoms with van der Waals surface area (Å²) in [5, 5.41) is 0. The second-order valence-electron chi connectivity index (χ2n) is 6.82. The molecule has 1 aromatic rings. The molecule has 1 saturated heterocycles. The molecule has 0 bridgehead atoms. The molecule has 2 unspecified atom stereocenters. The number of aryl methyl sites for hydroxylation is 1. The predicted octanol–water partition coefficient (Wildman–Crippen LogP) is 2.32. The molecule has 1 amide bonds. The highest BCUT2D eigenvalue weighted by molar-refractivity contribution is 5.82. The van der Waals surface area contributed by atoms with Gasteiger partial charge in [-0.3, -0.25) is 4.90 Å². The standard InChI is InChI=1S/C17H24N2O5/c1-11-6-7-14(18-9-11)23-12-8-13(15(20)22-5)19(10-12)16(21)24-17(2,3)4/h6-7,9,12-13H,8,10H2,1-5H3. The van der Waals surface area contributed by atoms with Gasteiger partial charge in [0.25, 0.3) is 0 Å². The van der Waals surface area contributed by atoms with Crippen LogP contribution in [0.4, 0.5) is 4.79 Å². The van der Waals surface area contributed by atoms with Crippen molar-refractivity contribution in [3.05, 3.63) is 23.9 Å². The monoisotopic (exact) mass is 336 g/mol. The van der Waals surface area contributed by atoms with Gasteiger partial charge in [0.15, 0.2) is 0 Å². The first-order valence-corrected chi connectivity index (χ1v) is 7.86. The minimum atomic E-state index is -0.722. The van der Waals surface area contributed by atoms with Gasteiger partial charge in [-0.1, -0.05) is 6.07 Å². The summed E-state index contributed by atoms with van der Waals surface area (Å²) in [5.74, 6) is -0.0240. The van der Waals surface area contributed by atoms with E-state index in [1.165, 1.54) is 12.0 Å². The van der Waals surface area contributed by atoms with Crippen LogP contribution in [0.5, 0.6) is 5.88 Å². The van der Waals surface area contributed by atoms with E-state index < -0.39 is 23.7 Å². The average Bonchev–Trinajstić information content (AvgIpc) is 2.91. The van der Waals surface area contributed by atoms with Crippen LogP contribution in [0, 0.1) is 6.92 Å². The molecular formula is C17H24N2O5. The van der Waals surface area contributed by atoms with Gasteiger partial charge < -0.3 is 14.2 Å². The molecule has 7 nitrogen and oxygen atoms in total. The molecule has 0 saturated carbocycles. The Morgan fingerprint density at radius 1 is 1.29 bits per heavy atom. The van der Waals surface area contributed by atoms with Crippen molar-refractivity contribution in [2.75, 3.05) is 13.7 Å². The first-order chi connectivity index (χ1) is 11.2. The fraction of sp³-hybridized carbons (Fsp3) is 0.588. The maximum absolute atomic E-state index is 12.4. The number of carbonyl (C=O) groups is 2. The number of ether oxygens (including phenoxy) is 3. The maximum Gasteiger partial charge on any atom is 0.411 e. The van der Waals surface area contributed by atoms with Crippen LogP contribution in [0.1, 0.15) is 32.8 Å². The van der Waals surface area contributed by atoms with E-state index in [1.54, 1.807) is 33.0 Å². The number of methoxy groups -OCH3 is 1. The molecule has 0 spiro atoms. The summed E-state index contributed by atoms with van der Waals surface area (Å²) >= 11 is 0. The third kappa shape index (κ3) is 4.59. The van der Waals surface area contributed by atoms with Crippen LogP contribution in [0.25, 0.3) is 0 Å². The molecule has 132 valence electrons. The Morgan fingerprint density at radius 2 is 2.00 bits per heavy atom. The number of pyridine rings is 1. The third-order valence-electron chi connectivity index (χ3n) is 3.54. The summed E-state index contributed by atoms with van der Waals surface area (Å²) in [4.78, 5) is 29.9. The van der Waals surface area contributed by atoms with Gasteiger partial charge in [-0.15, -0.1) is 0 Å². The second kappa shape index (κ2) is 7.07. The van der Waals surface area contributed by atoms with Crippen molar-refractivity contribution in [2.24, 2.45) is 0 Å². The highest BCUT2D eigenvalue weighted by Crippen LogP contribution is 2.25. The fourth-order valence-corrected chi connectivity index (χ4v) is 2.46. The van der Waals surface area contributed by atoms with E-state index in [4.69, 9.17) is 14.2 Å². The number of rotatable bonds is 3. The summed E-state index contributed by atoms with van der Waals surface area (Å²) in [6.07, 6.45) is 1.13. The maximum atomic E-state index is 12.4. The largest absolute Gasteiger partial charge is 0.472 e. The van der Waals surface area contributed by atoms with Gasteiger partial charge in [0.1, 0.15) is 17.7 Å².